The summed E-state index contributed by atoms with van der Waals surface area (Å²) >= 11 is 0. The van der Waals surface area contributed by atoms with Gasteiger partial charge < -0.3 is 47.4 Å². The van der Waals surface area contributed by atoms with Crippen molar-refractivity contribution in [2.75, 3.05) is 52.0 Å². The molecule has 46 heavy (non-hydrogen) atoms. The first-order valence-corrected chi connectivity index (χ1v) is 20.0. The maximum atomic E-state index is 13.5. The first kappa shape index (κ1) is 43.8. The summed E-state index contributed by atoms with van der Waals surface area (Å²) in [6.07, 6.45) is 1.05. The summed E-state index contributed by atoms with van der Waals surface area (Å²) in [5, 5.41) is 25.5. The van der Waals surface area contributed by atoms with Gasteiger partial charge in [-0.3, -0.25) is 19.2 Å². The minimum atomic E-state index is -3.31. The third-order valence-electron chi connectivity index (χ3n) is 7.09. The first-order chi connectivity index (χ1) is 21.6. The van der Waals surface area contributed by atoms with Crippen LogP contribution in [-0.4, -0.2) is 104 Å². The number of carbonyl (C=O) groups is 4. The quantitative estimate of drug-likeness (QED) is 0.0727. The third kappa shape index (κ3) is 16.1. The molecule has 0 aromatic rings. The van der Waals surface area contributed by atoms with Crippen LogP contribution in [0.3, 0.4) is 0 Å². The molecule has 0 rings (SSSR count). The van der Waals surface area contributed by atoms with E-state index in [-0.39, 0.29) is 44.2 Å². The molecule has 2 atom stereocenters. The van der Waals surface area contributed by atoms with Crippen molar-refractivity contribution in [1.29, 1.82) is 0 Å². The number of rotatable bonds is 27. The van der Waals surface area contributed by atoms with Gasteiger partial charge in [-0.25, -0.2) is 0 Å². The lowest BCUT2D eigenvalue weighted by atomic mass is 9.77. The fourth-order valence-corrected chi connectivity index (χ4v) is 9.25. The summed E-state index contributed by atoms with van der Waals surface area (Å²) in [6, 6.07) is 0. The van der Waals surface area contributed by atoms with Crippen molar-refractivity contribution < 1.29 is 55.9 Å². The van der Waals surface area contributed by atoms with E-state index < -0.39 is 71.5 Å². The molecule has 4 N–H and O–H groups in total. The lowest BCUT2D eigenvalue weighted by Crippen LogP contribution is -2.56. The van der Waals surface area contributed by atoms with Gasteiger partial charge in [-0.1, -0.05) is 38.8 Å². The standard InChI is InChI=1S/C30H58N2O12Si2/c1-10-30(8,9)20-24(25(29(37)38)19-26(33)31-21-45(39-11-2,40-12-3)41-13-4)17-23(18-27(34)35)28(36)32-22-46(42-14-5,43-15-6)44-16-7/h17,23,25H,10-16,18-22H2,1-9H3,(H,31,33)(H,32,36)(H,34,35)(H,37,38)/b24-17+. The molecule has 2 unspecified atom stereocenters. The van der Waals surface area contributed by atoms with Crippen LogP contribution in [0.4, 0.5) is 0 Å². The normalized spacial score (nSPS) is 14.1. The molecule has 0 aromatic heterocycles. The molecule has 0 saturated carbocycles. The highest BCUT2D eigenvalue weighted by Gasteiger charge is 2.43. The van der Waals surface area contributed by atoms with E-state index in [1.807, 2.05) is 20.8 Å². The highest BCUT2D eigenvalue weighted by atomic mass is 28.4. The molecule has 16 heteroatoms. The Morgan fingerprint density at radius 3 is 1.46 bits per heavy atom. The van der Waals surface area contributed by atoms with Crippen LogP contribution < -0.4 is 10.6 Å². The first-order valence-electron chi connectivity index (χ1n) is 16.2. The van der Waals surface area contributed by atoms with Gasteiger partial charge in [0.1, 0.15) is 0 Å². The molecule has 0 aliphatic heterocycles. The summed E-state index contributed by atoms with van der Waals surface area (Å²) in [5.41, 5.74) is -0.135. The molecule has 14 nitrogen and oxygen atoms in total. The van der Waals surface area contributed by atoms with Gasteiger partial charge >= 0.3 is 29.5 Å². The van der Waals surface area contributed by atoms with Gasteiger partial charge in [-0.15, -0.1) is 0 Å². The largest absolute Gasteiger partial charge is 0.521 e. The minimum Gasteiger partial charge on any atom is -0.481 e. The molecular formula is C30H58N2O12Si2. The van der Waals surface area contributed by atoms with Crippen LogP contribution in [0.2, 0.25) is 0 Å². The Kier molecular flexibility index (Phi) is 21.3. The van der Waals surface area contributed by atoms with Crippen LogP contribution in [0, 0.1) is 17.3 Å². The highest BCUT2D eigenvalue weighted by molar-refractivity contribution is 6.61. The van der Waals surface area contributed by atoms with E-state index in [4.69, 9.17) is 26.6 Å². The summed E-state index contributed by atoms with van der Waals surface area (Å²) in [7, 11) is -6.56. The zero-order valence-electron chi connectivity index (χ0n) is 29.2. The van der Waals surface area contributed by atoms with Gasteiger partial charge in [0.05, 0.1) is 30.6 Å². The van der Waals surface area contributed by atoms with Crippen LogP contribution >= 0.6 is 0 Å². The van der Waals surface area contributed by atoms with Crippen molar-refractivity contribution in [1.82, 2.24) is 10.6 Å². The Morgan fingerprint density at radius 1 is 0.696 bits per heavy atom. The minimum absolute atomic E-state index is 0.0532. The average molecular weight is 695 g/mol. The number of amides is 2. The van der Waals surface area contributed by atoms with Gasteiger partial charge in [0.25, 0.3) is 0 Å². The molecule has 0 saturated heterocycles. The molecule has 0 aliphatic carbocycles. The number of hydrogen-bond acceptors (Lipinski definition) is 10. The van der Waals surface area contributed by atoms with E-state index in [2.05, 4.69) is 10.6 Å². The van der Waals surface area contributed by atoms with Gasteiger partial charge in [-0.05, 0) is 53.4 Å². The van der Waals surface area contributed by atoms with Crippen molar-refractivity contribution in [3.63, 3.8) is 0 Å². The monoisotopic (exact) mass is 694 g/mol. The summed E-state index contributed by atoms with van der Waals surface area (Å²) < 4.78 is 34.7. The number of hydrogen-bond donors (Lipinski definition) is 4. The predicted molar refractivity (Wildman–Crippen MR) is 176 cm³/mol. The molecule has 2 amide bonds. The van der Waals surface area contributed by atoms with Crippen LogP contribution in [0.25, 0.3) is 0 Å². The van der Waals surface area contributed by atoms with E-state index >= 15 is 0 Å². The lowest BCUT2D eigenvalue weighted by Gasteiger charge is -2.30. The molecule has 0 aliphatic rings. The average Bonchev–Trinajstić information content (AvgIpc) is 2.97. The molecule has 268 valence electrons. The molecule has 0 radical (unpaired) electrons. The molecule has 0 bridgehead atoms. The highest BCUT2D eigenvalue weighted by Crippen LogP contribution is 2.34. The Balaban J connectivity index is 6.50. The lowest BCUT2D eigenvalue weighted by molar-refractivity contribution is -0.142. The number of nitrogens with one attached hydrogen (secondary N) is 2. The van der Waals surface area contributed by atoms with Crippen molar-refractivity contribution in [2.45, 2.75) is 88.0 Å². The second-order valence-corrected chi connectivity index (χ2v) is 16.4. The van der Waals surface area contributed by atoms with E-state index in [1.54, 1.807) is 41.5 Å². The fourth-order valence-electron chi connectivity index (χ4n) is 4.69. The molecule has 0 fully saturated rings. The van der Waals surface area contributed by atoms with Crippen molar-refractivity contribution in [3.05, 3.63) is 11.6 Å². The van der Waals surface area contributed by atoms with Crippen molar-refractivity contribution in [3.8, 4) is 0 Å². The topological polar surface area (TPSA) is 188 Å². The van der Waals surface area contributed by atoms with Crippen LogP contribution in [0.1, 0.15) is 88.0 Å². The van der Waals surface area contributed by atoms with E-state index in [0.29, 0.717) is 26.2 Å². The molecule has 0 spiro atoms. The number of carboxylic acids is 2. The van der Waals surface area contributed by atoms with Crippen LogP contribution in [0.5, 0.6) is 0 Å². The van der Waals surface area contributed by atoms with Crippen molar-refractivity contribution >= 4 is 41.4 Å². The second-order valence-electron chi connectivity index (χ2n) is 11.2. The summed E-state index contributed by atoms with van der Waals surface area (Å²) in [4.78, 5) is 51.2. The molecule has 0 aromatic carbocycles. The number of carboxylic acid groups (broad SMARTS) is 2. The molecular weight excluding hydrogens is 637 g/mol. The van der Waals surface area contributed by atoms with Crippen molar-refractivity contribution in [2.24, 2.45) is 17.3 Å². The Labute approximate surface area is 276 Å². The number of aliphatic carboxylic acids is 2. The zero-order chi connectivity index (χ0) is 35.4. The van der Waals surface area contributed by atoms with Gasteiger partial charge in [0, 0.05) is 46.1 Å². The van der Waals surface area contributed by atoms with Gasteiger partial charge in [0.15, 0.2) is 0 Å². The van der Waals surface area contributed by atoms with E-state index in [1.165, 1.54) is 6.08 Å². The second kappa shape index (κ2) is 22.4. The van der Waals surface area contributed by atoms with Crippen LogP contribution in [-0.2, 0) is 45.7 Å². The SMILES string of the molecule is CCO[Si](CNC(=O)CC(C(=O)O)/C(=C/C(CC(=O)O)C(=O)NC[Si](OCC)(OCC)OCC)CC(C)(C)CC)(OCC)OCC. The Morgan fingerprint density at radius 2 is 1.11 bits per heavy atom. The third-order valence-corrected chi connectivity index (χ3v) is 12.7. The maximum Gasteiger partial charge on any atom is 0.521 e. The Bertz CT molecular complexity index is 946. The smallest absolute Gasteiger partial charge is 0.481 e. The number of carbonyl (C=O) groups excluding carboxylic acids is 2. The summed E-state index contributed by atoms with van der Waals surface area (Å²) in [6.45, 7) is 18.2. The maximum absolute atomic E-state index is 13.5. The van der Waals surface area contributed by atoms with Gasteiger partial charge in [-0.2, -0.15) is 0 Å². The predicted octanol–water partition coefficient (Wildman–Crippen LogP) is 3.33. The molecule has 0 heterocycles. The Hall–Kier alpha value is -2.19. The van der Waals surface area contributed by atoms with E-state index in [0.717, 1.165) is 0 Å². The van der Waals surface area contributed by atoms with E-state index in [9.17, 15) is 29.4 Å². The fraction of sp³-hybridized carbons (Fsp3) is 0.800. The summed E-state index contributed by atoms with van der Waals surface area (Å²) in [5.74, 6) is -6.33. The van der Waals surface area contributed by atoms with Crippen LogP contribution in [0.15, 0.2) is 11.6 Å². The zero-order valence-corrected chi connectivity index (χ0v) is 31.2. The van der Waals surface area contributed by atoms with Gasteiger partial charge in [0.2, 0.25) is 11.8 Å².